The monoisotopic (exact) mass is 322 g/mol. The highest BCUT2D eigenvalue weighted by Gasteiger charge is 2.40. The molecule has 0 saturated carbocycles. The summed E-state index contributed by atoms with van der Waals surface area (Å²) < 4.78 is 5.16. The molecule has 128 valence electrons. The van der Waals surface area contributed by atoms with Crippen LogP contribution in [0.5, 0.6) is 0 Å². The second-order valence-electron chi connectivity index (χ2n) is 6.77. The fourth-order valence-electron chi connectivity index (χ4n) is 3.72. The molecule has 2 aliphatic rings. The minimum atomic E-state index is 0.0472. The average molecular weight is 322 g/mol. The fourth-order valence-corrected chi connectivity index (χ4v) is 3.72. The molecule has 2 aliphatic heterocycles. The van der Waals surface area contributed by atoms with Crippen LogP contribution in [0.3, 0.4) is 0 Å². The van der Waals surface area contributed by atoms with Crippen molar-refractivity contribution in [3.8, 4) is 0 Å². The minimum Gasteiger partial charge on any atom is -0.395 e. The van der Waals surface area contributed by atoms with Crippen LogP contribution in [0.1, 0.15) is 44.3 Å². The molecule has 7 nitrogen and oxygen atoms in total. The molecule has 0 aromatic carbocycles. The minimum absolute atomic E-state index is 0.0472. The zero-order valence-electron chi connectivity index (χ0n) is 13.8. The van der Waals surface area contributed by atoms with Gasteiger partial charge in [0.15, 0.2) is 5.82 Å². The van der Waals surface area contributed by atoms with Crippen molar-refractivity contribution in [2.24, 2.45) is 5.41 Å². The Morgan fingerprint density at radius 1 is 1.30 bits per heavy atom. The van der Waals surface area contributed by atoms with E-state index < -0.39 is 0 Å². The number of carbonyl (C=O) groups excluding carboxylic acids is 1. The van der Waals surface area contributed by atoms with E-state index in [2.05, 4.69) is 15.0 Å². The van der Waals surface area contributed by atoms with Crippen molar-refractivity contribution in [3.63, 3.8) is 0 Å². The van der Waals surface area contributed by atoms with Gasteiger partial charge in [0.2, 0.25) is 11.8 Å². The van der Waals surface area contributed by atoms with E-state index in [1.54, 1.807) is 0 Å². The number of nitrogens with zero attached hydrogens (tertiary/aromatic N) is 4. The van der Waals surface area contributed by atoms with Gasteiger partial charge in [-0.3, -0.25) is 9.69 Å². The lowest BCUT2D eigenvalue weighted by atomic mass is 9.72. The Balaban J connectivity index is 1.54. The van der Waals surface area contributed by atoms with Crippen LogP contribution in [0.2, 0.25) is 0 Å². The fraction of sp³-hybridized carbons (Fsp3) is 0.812. The molecule has 7 heteroatoms. The number of amides is 1. The Morgan fingerprint density at radius 2 is 2.09 bits per heavy atom. The van der Waals surface area contributed by atoms with E-state index in [-0.39, 0.29) is 17.9 Å². The summed E-state index contributed by atoms with van der Waals surface area (Å²) in [5, 5.41) is 13.1. The summed E-state index contributed by atoms with van der Waals surface area (Å²) in [7, 11) is 0. The van der Waals surface area contributed by atoms with Crippen LogP contribution in [0.25, 0.3) is 0 Å². The molecule has 0 unspecified atom stereocenters. The lowest BCUT2D eigenvalue weighted by molar-refractivity contribution is -0.139. The van der Waals surface area contributed by atoms with Crippen molar-refractivity contribution in [3.05, 3.63) is 11.7 Å². The molecule has 3 heterocycles. The van der Waals surface area contributed by atoms with Gasteiger partial charge in [-0.25, -0.2) is 0 Å². The third kappa shape index (κ3) is 3.72. The first kappa shape index (κ1) is 16.4. The number of aliphatic hydroxyl groups is 1. The van der Waals surface area contributed by atoms with Gasteiger partial charge in [-0.05, 0) is 37.8 Å². The van der Waals surface area contributed by atoms with E-state index in [0.29, 0.717) is 18.9 Å². The van der Waals surface area contributed by atoms with E-state index in [0.717, 1.165) is 57.7 Å². The Kier molecular flexibility index (Phi) is 4.96. The SMILES string of the molecule is CCc1nc(CN2CCC3(CCC(=O)N(CCO)C3)CC2)no1. The molecule has 1 aromatic rings. The van der Waals surface area contributed by atoms with E-state index in [1.165, 1.54) is 0 Å². The molecule has 0 atom stereocenters. The van der Waals surface area contributed by atoms with Gasteiger partial charge in [0.05, 0.1) is 13.2 Å². The van der Waals surface area contributed by atoms with Crippen LogP contribution in [0, 0.1) is 5.41 Å². The summed E-state index contributed by atoms with van der Waals surface area (Å²) in [6, 6.07) is 0. The lowest BCUT2D eigenvalue weighted by Crippen LogP contribution is -2.51. The Labute approximate surface area is 136 Å². The summed E-state index contributed by atoms with van der Waals surface area (Å²) >= 11 is 0. The number of hydrogen-bond donors (Lipinski definition) is 1. The van der Waals surface area contributed by atoms with Gasteiger partial charge in [0.25, 0.3) is 0 Å². The van der Waals surface area contributed by atoms with Crippen molar-refractivity contribution in [2.75, 3.05) is 32.8 Å². The zero-order valence-corrected chi connectivity index (χ0v) is 13.8. The molecule has 2 fully saturated rings. The van der Waals surface area contributed by atoms with Crippen LogP contribution in [-0.2, 0) is 17.8 Å². The number of aliphatic hydroxyl groups excluding tert-OH is 1. The highest BCUT2D eigenvalue weighted by molar-refractivity contribution is 5.77. The van der Waals surface area contributed by atoms with Gasteiger partial charge >= 0.3 is 0 Å². The van der Waals surface area contributed by atoms with Crippen LogP contribution >= 0.6 is 0 Å². The predicted molar refractivity (Wildman–Crippen MR) is 83.5 cm³/mol. The third-order valence-corrected chi connectivity index (χ3v) is 5.21. The molecule has 0 radical (unpaired) electrons. The zero-order chi connectivity index (χ0) is 16.3. The molecule has 23 heavy (non-hydrogen) atoms. The van der Waals surface area contributed by atoms with Crippen molar-refractivity contribution >= 4 is 5.91 Å². The number of likely N-dealkylation sites (tertiary alicyclic amines) is 2. The molecular weight excluding hydrogens is 296 g/mol. The van der Waals surface area contributed by atoms with E-state index >= 15 is 0 Å². The lowest BCUT2D eigenvalue weighted by Gasteiger charge is -2.47. The molecule has 1 aromatic heterocycles. The predicted octanol–water partition coefficient (Wildman–Crippen LogP) is 0.829. The number of piperidine rings is 2. The Morgan fingerprint density at radius 3 is 2.74 bits per heavy atom. The van der Waals surface area contributed by atoms with Crippen LogP contribution in [0.4, 0.5) is 0 Å². The highest BCUT2D eigenvalue weighted by Crippen LogP contribution is 2.40. The Hall–Kier alpha value is -1.47. The number of carbonyl (C=O) groups is 1. The molecule has 1 N–H and O–H groups in total. The highest BCUT2D eigenvalue weighted by atomic mass is 16.5. The molecule has 0 bridgehead atoms. The van der Waals surface area contributed by atoms with Crippen LogP contribution in [0.15, 0.2) is 4.52 Å². The smallest absolute Gasteiger partial charge is 0.226 e. The first-order valence-corrected chi connectivity index (χ1v) is 8.56. The van der Waals surface area contributed by atoms with Crippen molar-refractivity contribution in [2.45, 2.75) is 45.6 Å². The average Bonchev–Trinajstić information content (AvgIpc) is 3.01. The first-order chi connectivity index (χ1) is 11.1. The van der Waals surface area contributed by atoms with Gasteiger partial charge in [0, 0.05) is 25.9 Å². The van der Waals surface area contributed by atoms with Gasteiger partial charge in [-0.1, -0.05) is 12.1 Å². The summed E-state index contributed by atoms with van der Waals surface area (Å²) in [5.41, 5.74) is 0.228. The number of hydrogen-bond acceptors (Lipinski definition) is 6. The van der Waals surface area contributed by atoms with Crippen LogP contribution < -0.4 is 0 Å². The van der Waals surface area contributed by atoms with Crippen molar-refractivity contribution in [1.29, 1.82) is 0 Å². The standard InChI is InChI=1S/C16H26N4O3/c1-2-14-17-13(18-23-14)11-19-7-5-16(6-8-19)4-3-15(22)20(12-16)9-10-21/h21H,2-12H2,1H3. The van der Waals surface area contributed by atoms with Gasteiger partial charge in [0.1, 0.15) is 0 Å². The second-order valence-corrected chi connectivity index (χ2v) is 6.77. The maximum absolute atomic E-state index is 11.9. The van der Waals surface area contributed by atoms with Gasteiger partial charge < -0.3 is 14.5 Å². The second kappa shape index (κ2) is 6.97. The van der Waals surface area contributed by atoms with E-state index in [1.807, 2.05) is 11.8 Å². The molecule has 1 amide bonds. The summed E-state index contributed by atoms with van der Waals surface area (Å²) in [4.78, 5) is 20.5. The molecule has 1 spiro atoms. The van der Waals surface area contributed by atoms with Crippen molar-refractivity contribution in [1.82, 2.24) is 19.9 Å². The molecule has 3 rings (SSSR count). The number of β-amino-alcohol motifs (C(OH)–C–C–N with tert-alkyl or cyclic N) is 1. The van der Waals surface area contributed by atoms with Gasteiger partial charge in [-0.2, -0.15) is 4.98 Å². The maximum Gasteiger partial charge on any atom is 0.226 e. The van der Waals surface area contributed by atoms with Gasteiger partial charge in [-0.15, -0.1) is 0 Å². The van der Waals surface area contributed by atoms with Crippen molar-refractivity contribution < 1.29 is 14.4 Å². The first-order valence-electron chi connectivity index (χ1n) is 8.56. The quantitative estimate of drug-likeness (QED) is 0.864. The largest absolute Gasteiger partial charge is 0.395 e. The number of aromatic nitrogens is 2. The normalized spacial score (nSPS) is 22.0. The summed E-state index contributed by atoms with van der Waals surface area (Å²) in [6.45, 7) is 6.04. The molecule has 2 saturated heterocycles. The maximum atomic E-state index is 11.9. The van der Waals surface area contributed by atoms with Crippen LogP contribution in [-0.4, -0.2) is 63.7 Å². The number of rotatable bonds is 5. The summed E-state index contributed by atoms with van der Waals surface area (Å²) in [5.74, 6) is 1.64. The number of aryl methyl sites for hydroxylation is 1. The van der Waals surface area contributed by atoms with E-state index in [4.69, 9.17) is 9.63 Å². The van der Waals surface area contributed by atoms with E-state index in [9.17, 15) is 4.79 Å². The summed E-state index contributed by atoms with van der Waals surface area (Å²) in [6.07, 6.45) is 4.53. The molecule has 0 aliphatic carbocycles. The molecular formula is C16H26N4O3. The topological polar surface area (TPSA) is 82.7 Å². The third-order valence-electron chi connectivity index (χ3n) is 5.21. The Bertz CT molecular complexity index is 537.